The van der Waals surface area contributed by atoms with E-state index in [1.54, 1.807) is 4.90 Å². The van der Waals surface area contributed by atoms with Gasteiger partial charge in [0.15, 0.2) is 0 Å². The molecular formula is C15H24N2O2. The van der Waals surface area contributed by atoms with Crippen LogP contribution in [-0.4, -0.2) is 44.6 Å². The highest BCUT2D eigenvalue weighted by Gasteiger charge is 2.07. The quantitative estimate of drug-likeness (QED) is 0.816. The maximum absolute atomic E-state index is 11.7. The van der Waals surface area contributed by atoms with E-state index in [4.69, 9.17) is 4.74 Å². The van der Waals surface area contributed by atoms with E-state index in [0.717, 1.165) is 5.75 Å². The SMILES string of the molecule is CNCCC(=O)N(C)CCOc1cc(C)cc(C)c1. The smallest absolute Gasteiger partial charge is 0.223 e. The van der Waals surface area contributed by atoms with Gasteiger partial charge < -0.3 is 15.0 Å². The van der Waals surface area contributed by atoms with E-state index in [2.05, 4.69) is 11.4 Å². The van der Waals surface area contributed by atoms with Crippen molar-refractivity contribution in [2.24, 2.45) is 0 Å². The van der Waals surface area contributed by atoms with Crippen LogP contribution in [0.3, 0.4) is 0 Å². The van der Waals surface area contributed by atoms with Gasteiger partial charge in [-0.1, -0.05) is 6.07 Å². The molecule has 0 aliphatic rings. The zero-order chi connectivity index (χ0) is 14.3. The fourth-order valence-electron chi connectivity index (χ4n) is 1.86. The summed E-state index contributed by atoms with van der Waals surface area (Å²) in [7, 11) is 3.65. The van der Waals surface area contributed by atoms with Gasteiger partial charge in [0.25, 0.3) is 0 Å². The zero-order valence-corrected chi connectivity index (χ0v) is 12.3. The minimum atomic E-state index is 0.137. The minimum Gasteiger partial charge on any atom is -0.492 e. The zero-order valence-electron chi connectivity index (χ0n) is 12.3. The third-order valence-electron chi connectivity index (χ3n) is 2.91. The van der Waals surface area contributed by atoms with Gasteiger partial charge in [-0.2, -0.15) is 0 Å². The van der Waals surface area contributed by atoms with E-state index < -0.39 is 0 Å². The summed E-state index contributed by atoms with van der Waals surface area (Å²) in [5.41, 5.74) is 2.38. The van der Waals surface area contributed by atoms with E-state index >= 15 is 0 Å². The van der Waals surface area contributed by atoms with Gasteiger partial charge in [-0.25, -0.2) is 0 Å². The van der Waals surface area contributed by atoms with Gasteiger partial charge in [0.05, 0.1) is 6.54 Å². The van der Waals surface area contributed by atoms with Crippen LogP contribution in [-0.2, 0) is 4.79 Å². The monoisotopic (exact) mass is 264 g/mol. The molecule has 1 N–H and O–H groups in total. The highest BCUT2D eigenvalue weighted by molar-refractivity contribution is 5.76. The molecule has 0 heterocycles. The Bertz CT molecular complexity index is 398. The topological polar surface area (TPSA) is 41.6 Å². The summed E-state index contributed by atoms with van der Waals surface area (Å²) in [5, 5.41) is 2.97. The number of hydrogen-bond acceptors (Lipinski definition) is 3. The van der Waals surface area contributed by atoms with Gasteiger partial charge in [0.2, 0.25) is 5.91 Å². The van der Waals surface area contributed by atoms with Crippen LogP contribution in [0.5, 0.6) is 5.75 Å². The van der Waals surface area contributed by atoms with Gasteiger partial charge in [0.1, 0.15) is 12.4 Å². The number of likely N-dealkylation sites (N-methyl/N-ethyl adjacent to an activating group) is 1. The Morgan fingerprint density at radius 1 is 1.26 bits per heavy atom. The molecule has 1 rings (SSSR count). The van der Waals surface area contributed by atoms with E-state index in [1.807, 2.05) is 40.1 Å². The van der Waals surface area contributed by atoms with Gasteiger partial charge in [-0.3, -0.25) is 4.79 Å². The van der Waals surface area contributed by atoms with Crippen LogP contribution in [0.25, 0.3) is 0 Å². The first-order chi connectivity index (χ1) is 9.02. The fraction of sp³-hybridized carbons (Fsp3) is 0.533. The minimum absolute atomic E-state index is 0.137. The molecule has 0 aromatic heterocycles. The van der Waals surface area contributed by atoms with Crippen molar-refractivity contribution in [3.8, 4) is 5.75 Å². The number of amides is 1. The molecule has 1 amide bonds. The molecule has 0 spiro atoms. The number of nitrogens with zero attached hydrogens (tertiary/aromatic N) is 1. The van der Waals surface area contributed by atoms with Crippen molar-refractivity contribution in [3.63, 3.8) is 0 Å². The summed E-state index contributed by atoms with van der Waals surface area (Å²) in [6, 6.07) is 6.13. The molecule has 4 nitrogen and oxygen atoms in total. The van der Waals surface area contributed by atoms with Gasteiger partial charge in [0, 0.05) is 20.0 Å². The molecule has 1 aromatic rings. The molecule has 0 saturated heterocycles. The summed E-state index contributed by atoms with van der Waals surface area (Å²) < 4.78 is 5.68. The second-order valence-electron chi connectivity index (χ2n) is 4.84. The Labute approximate surface area is 115 Å². The standard InChI is InChI=1S/C15H24N2O2/c1-12-9-13(2)11-14(10-12)19-8-7-17(4)15(18)5-6-16-3/h9-11,16H,5-8H2,1-4H3. The van der Waals surface area contributed by atoms with E-state index in [9.17, 15) is 4.79 Å². The Balaban J connectivity index is 2.35. The molecule has 4 heteroatoms. The van der Waals surface area contributed by atoms with E-state index in [-0.39, 0.29) is 5.91 Å². The van der Waals surface area contributed by atoms with Crippen molar-refractivity contribution in [1.29, 1.82) is 0 Å². The van der Waals surface area contributed by atoms with E-state index in [0.29, 0.717) is 26.1 Å². The largest absolute Gasteiger partial charge is 0.492 e. The molecule has 0 aliphatic carbocycles. The molecule has 0 fully saturated rings. The number of benzene rings is 1. The maximum Gasteiger partial charge on any atom is 0.223 e. The van der Waals surface area contributed by atoms with Crippen molar-refractivity contribution in [3.05, 3.63) is 29.3 Å². The molecule has 19 heavy (non-hydrogen) atoms. The predicted molar refractivity (Wildman–Crippen MR) is 77.6 cm³/mol. The lowest BCUT2D eigenvalue weighted by molar-refractivity contribution is -0.130. The first-order valence-corrected chi connectivity index (χ1v) is 6.62. The van der Waals surface area contributed by atoms with Gasteiger partial charge in [-0.15, -0.1) is 0 Å². The van der Waals surface area contributed by atoms with Crippen LogP contribution in [0, 0.1) is 13.8 Å². The number of carbonyl (C=O) groups is 1. The highest BCUT2D eigenvalue weighted by Crippen LogP contribution is 2.15. The average molecular weight is 264 g/mol. The average Bonchev–Trinajstić information content (AvgIpc) is 2.34. The number of carbonyl (C=O) groups excluding carboxylic acids is 1. The lowest BCUT2D eigenvalue weighted by Crippen LogP contribution is -2.32. The van der Waals surface area contributed by atoms with Gasteiger partial charge in [-0.05, 0) is 44.2 Å². The Hall–Kier alpha value is -1.55. The summed E-state index contributed by atoms with van der Waals surface area (Å²) in [5.74, 6) is 1.01. The molecule has 0 aliphatic heterocycles. The third-order valence-corrected chi connectivity index (χ3v) is 2.91. The molecule has 106 valence electrons. The van der Waals surface area contributed by atoms with Crippen LogP contribution < -0.4 is 10.1 Å². The molecule has 0 unspecified atom stereocenters. The molecule has 0 bridgehead atoms. The first-order valence-electron chi connectivity index (χ1n) is 6.62. The van der Waals surface area contributed by atoms with Crippen molar-refractivity contribution < 1.29 is 9.53 Å². The predicted octanol–water partition coefficient (Wildman–Crippen LogP) is 1.75. The summed E-state index contributed by atoms with van der Waals surface area (Å²) in [4.78, 5) is 13.4. The highest BCUT2D eigenvalue weighted by atomic mass is 16.5. The molecule has 1 aromatic carbocycles. The second-order valence-corrected chi connectivity index (χ2v) is 4.84. The number of hydrogen-bond donors (Lipinski definition) is 1. The Morgan fingerprint density at radius 2 is 1.89 bits per heavy atom. The third kappa shape index (κ3) is 5.75. The van der Waals surface area contributed by atoms with Crippen LogP contribution in [0.2, 0.25) is 0 Å². The summed E-state index contributed by atoms with van der Waals surface area (Å²) >= 11 is 0. The second kappa shape index (κ2) is 7.79. The molecule has 0 atom stereocenters. The fourth-order valence-corrected chi connectivity index (χ4v) is 1.86. The number of nitrogens with one attached hydrogen (secondary N) is 1. The Kier molecular flexibility index (Phi) is 6.36. The molecule has 0 radical (unpaired) electrons. The summed E-state index contributed by atoms with van der Waals surface area (Å²) in [6.07, 6.45) is 0.524. The van der Waals surface area contributed by atoms with Crippen LogP contribution in [0.15, 0.2) is 18.2 Å². The first kappa shape index (κ1) is 15.5. The number of rotatable bonds is 7. The van der Waals surface area contributed by atoms with Crippen molar-refractivity contribution in [2.75, 3.05) is 33.8 Å². The van der Waals surface area contributed by atoms with Gasteiger partial charge >= 0.3 is 0 Å². The summed E-state index contributed by atoms with van der Waals surface area (Å²) in [6.45, 7) is 5.93. The van der Waals surface area contributed by atoms with Crippen LogP contribution in [0.1, 0.15) is 17.5 Å². The van der Waals surface area contributed by atoms with Crippen molar-refractivity contribution in [2.45, 2.75) is 20.3 Å². The van der Waals surface area contributed by atoms with Crippen LogP contribution in [0.4, 0.5) is 0 Å². The van der Waals surface area contributed by atoms with Crippen LogP contribution >= 0.6 is 0 Å². The molecule has 0 saturated carbocycles. The normalized spacial score (nSPS) is 10.3. The maximum atomic E-state index is 11.7. The van der Waals surface area contributed by atoms with Crippen molar-refractivity contribution >= 4 is 5.91 Å². The molecular weight excluding hydrogens is 240 g/mol. The van der Waals surface area contributed by atoms with E-state index in [1.165, 1.54) is 11.1 Å². The number of ether oxygens (including phenoxy) is 1. The Morgan fingerprint density at radius 3 is 2.47 bits per heavy atom. The lowest BCUT2D eigenvalue weighted by atomic mass is 10.1. The number of aryl methyl sites for hydroxylation is 2. The van der Waals surface area contributed by atoms with Crippen molar-refractivity contribution in [1.82, 2.24) is 10.2 Å². The lowest BCUT2D eigenvalue weighted by Gasteiger charge is -2.17.